The number of hydrogen-bond acceptors (Lipinski definition) is 7. The molecule has 0 atom stereocenters. The molecule has 0 bridgehead atoms. The first-order valence-electron chi connectivity index (χ1n) is 42.5. The average Bonchev–Trinajstić information content (AvgIpc) is 1.57. The van der Waals surface area contributed by atoms with Gasteiger partial charge >= 0.3 is 0 Å². The first kappa shape index (κ1) is 71.7. The molecule has 0 N–H and O–H groups in total. The van der Waals surface area contributed by atoms with Crippen LogP contribution in [0.15, 0.2) is 440 Å². The fourth-order valence-corrected chi connectivity index (χ4v) is 19.2. The standard InChI is InChI=1S/C58H36N4O.C57H35N5O/c1-3-15-37(16-4-1)49-36-50(60-58(59-49)38-17-5-2-6-18-38)40-19-13-20-41(33-40)62-52-26-11-8-23-46(52)57-43(24-14-27-54(57)62)39-29-31-53-47(34-39)44-21-7-10-25-51(44)61(53)42-30-32-56-48(35-42)45-22-9-12-28-55(45)63-56;1-3-14-36(15-4-1)55-58-56(37-16-5-2-6-17-37)60-57(59-55)38-26-29-40(30-27-38)61-49-23-11-8-20-45(49)54-42(21-13-24-51(54)61)39-28-32-50-46(34-39)43-18-7-10-22-48(43)62(50)41-31-33-53-47(35-41)44-19-9-12-25-52(44)63-53/h1-36H;1-35H. The zero-order valence-corrected chi connectivity index (χ0v) is 67.8. The molecule has 0 amide bonds. The summed E-state index contributed by atoms with van der Waals surface area (Å²) in [5, 5.41) is 14.2. The molecule has 0 fully saturated rings. The summed E-state index contributed by atoms with van der Waals surface area (Å²) in [7, 11) is 0. The zero-order chi connectivity index (χ0) is 82.9. The molecule has 26 rings (SSSR count). The number of furan rings is 2. The van der Waals surface area contributed by atoms with Crippen molar-refractivity contribution in [1.29, 1.82) is 0 Å². The molecule has 11 nitrogen and oxygen atoms in total. The Kier molecular flexibility index (Phi) is 16.7. The largest absolute Gasteiger partial charge is 0.456 e. The van der Waals surface area contributed by atoms with Crippen LogP contribution in [0.3, 0.4) is 0 Å². The Morgan fingerprint density at radius 1 is 0.159 bits per heavy atom. The minimum Gasteiger partial charge on any atom is -0.456 e. The number of aromatic nitrogens is 9. The molecule has 8 heterocycles. The first-order valence-corrected chi connectivity index (χ1v) is 42.5. The van der Waals surface area contributed by atoms with Gasteiger partial charge in [-0.2, -0.15) is 0 Å². The third-order valence-electron chi connectivity index (χ3n) is 24.9. The molecule has 0 aliphatic rings. The van der Waals surface area contributed by atoms with Crippen LogP contribution in [0.4, 0.5) is 0 Å². The van der Waals surface area contributed by atoms with Crippen molar-refractivity contribution in [2.75, 3.05) is 0 Å². The van der Waals surface area contributed by atoms with E-state index in [2.05, 4.69) is 340 Å². The lowest BCUT2D eigenvalue weighted by atomic mass is 9.98. The van der Waals surface area contributed by atoms with Crippen molar-refractivity contribution in [2.45, 2.75) is 0 Å². The third-order valence-corrected chi connectivity index (χ3v) is 24.9. The quantitative estimate of drug-likeness (QED) is 0.120. The van der Waals surface area contributed by atoms with Gasteiger partial charge in [0.1, 0.15) is 22.3 Å². The van der Waals surface area contributed by atoms with E-state index >= 15 is 0 Å². The monoisotopic (exact) mass is 1610 g/mol. The SMILES string of the molecule is c1ccc(-c2cc(-c3cccc(-n4c5ccccc5c5c(-c6ccc7c(c6)c6ccccc6n7-c6ccc7oc8ccccc8c7c6)cccc54)c3)nc(-c3ccccc3)n2)cc1.c1ccc(-c2nc(-c3ccccc3)nc(-c3ccc(-n4c5ccccc5c5c(-c6ccc7c(c6)c6ccccc6n7-c6ccc7oc8ccccc8c7c6)cccc54)cc3)n2)cc1. The van der Waals surface area contributed by atoms with E-state index in [1.54, 1.807) is 0 Å². The summed E-state index contributed by atoms with van der Waals surface area (Å²) in [6, 6.07) is 152. The van der Waals surface area contributed by atoms with Crippen molar-refractivity contribution >= 4 is 131 Å². The molecule has 0 spiro atoms. The van der Waals surface area contributed by atoms with Crippen molar-refractivity contribution in [3.8, 4) is 113 Å². The molecule has 26 aromatic rings. The average molecular weight is 1610 g/mol. The smallest absolute Gasteiger partial charge is 0.164 e. The summed E-state index contributed by atoms with van der Waals surface area (Å²) in [6.07, 6.45) is 0. The molecule has 126 heavy (non-hydrogen) atoms. The highest BCUT2D eigenvalue weighted by Gasteiger charge is 2.25. The lowest BCUT2D eigenvalue weighted by molar-refractivity contribution is 0.668. The van der Waals surface area contributed by atoms with E-state index in [0.717, 1.165) is 144 Å². The Morgan fingerprint density at radius 2 is 0.468 bits per heavy atom. The van der Waals surface area contributed by atoms with Gasteiger partial charge in [-0.1, -0.05) is 279 Å². The molecule has 11 heteroatoms. The lowest BCUT2D eigenvalue weighted by Crippen LogP contribution is -2.00. The second-order valence-electron chi connectivity index (χ2n) is 32.2. The van der Waals surface area contributed by atoms with Crippen LogP contribution in [0.1, 0.15) is 0 Å². The Balaban J connectivity index is 0.000000137. The van der Waals surface area contributed by atoms with Gasteiger partial charge in [-0.3, -0.25) is 0 Å². The van der Waals surface area contributed by atoms with Gasteiger partial charge in [0.15, 0.2) is 23.3 Å². The zero-order valence-electron chi connectivity index (χ0n) is 67.8. The van der Waals surface area contributed by atoms with Gasteiger partial charge in [-0.15, -0.1) is 0 Å². The van der Waals surface area contributed by atoms with E-state index in [-0.39, 0.29) is 0 Å². The molecule has 0 radical (unpaired) electrons. The van der Waals surface area contributed by atoms with E-state index in [9.17, 15) is 0 Å². The third kappa shape index (κ3) is 11.9. The van der Waals surface area contributed by atoms with Crippen LogP contribution in [-0.4, -0.2) is 43.2 Å². The summed E-state index contributed by atoms with van der Waals surface area (Å²) in [5.41, 5.74) is 29.5. The van der Waals surface area contributed by atoms with Gasteiger partial charge in [0.05, 0.1) is 55.5 Å². The van der Waals surface area contributed by atoms with E-state index in [1.165, 1.54) is 76.4 Å². The Bertz CT molecular complexity index is 8730. The fraction of sp³-hybridized carbons (Fsp3) is 0. The van der Waals surface area contributed by atoms with Crippen LogP contribution in [0.25, 0.3) is 244 Å². The van der Waals surface area contributed by atoms with Gasteiger partial charge in [-0.25, -0.2) is 24.9 Å². The molecular weight excluding hydrogens is 1540 g/mol. The van der Waals surface area contributed by atoms with Gasteiger partial charge < -0.3 is 27.1 Å². The van der Waals surface area contributed by atoms with Crippen LogP contribution < -0.4 is 0 Å². The maximum atomic E-state index is 6.21. The highest BCUT2D eigenvalue weighted by atomic mass is 16.3. The van der Waals surface area contributed by atoms with Crippen molar-refractivity contribution in [3.05, 3.63) is 431 Å². The van der Waals surface area contributed by atoms with Crippen LogP contribution in [-0.2, 0) is 0 Å². The Labute approximate surface area is 722 Å². The van der Waals surface area contributed by atoms with Gasteiger partial charge in [-0.05, 0) is 174 Å². The summed E-state index contributed by atoms with van der Waals surface area (Å²) in [4.78, 5) is 25.1. The predicted octanol–water partition coefficient (Wildman–Crippen LogP) is 29.9. The predicted molar refractivity (Wildman–Crippen MR) is 517 cm³/mol. The number of benzene rings is 18. The molecule has 0 saturated heterocycles. The molecule has 0 aliphatic heterocycles. The van der Waals surface area contributed by atoms with E-state index in [1.807, 2.05) is 109 Å². The maximum Gasteiger partial charge on any atom is 0.164 e. The Hall–Kier alpha value is -17.2. The summed E-state index contributed by atoms with van der Waals surface area (Å²) < 4.78 is 21.9. The number of hydrogen-bond donors (Lipinski definition) is 0. The van der Waals surface area contributed by atoms with E-state index in [0.29, 0.717) is 23.3 Å². The highest BCUT2D eigenvalue weighted by molar-refractivity contribution is 6.20. The lowest BCUT2D eigenvalue weighted by Gasteiger charge is -2.12. The Morgan fingerprint density at radius 3 is 0.937 bits per heavy atom. The van der Waals surface area contributed by atoms with Gasteiger partial charge in [0.25, 0.3) is 0 Å². The van der Waals surface area contributed by atoms with Crippen LogP contribution >= 0.6 is 0 Å². The molecule has 0 saturated carbocycles. The number of rotatable bonds is 12. The second-order valence-corrected chi connectivity index (χ2v) is 32.2. The topological polar surface area (TPSA) is 110 Å². The summed E-state index contributed by atoms with van der Waals surface area (Å²) >= 11 is 0. The number of fused-ring (bicyclic) bond motifs is 18. The van der Waals surface area contributed by atoms with Crippen LogP contribution in [0, 0.1) is 0 Å². The molecule has 8 aromatic heterocycles. The summed E-state index contributed by atoms with van der Waals surface area (Å²) in [6.45, 7) is 0. The molecule has 0 unspecified atom stereocenters. The van der Waals surface area contributed by atoms with Gasteiger partial charge in [0, 0.05) is 121 Å². The minimum atomic E-state index is 0.631. The van der Waals surface area contributed by atoms with E-state index in [4.69, 9.17) is 33.8 Å². The number of para-hydroxylation sites is 6. The normalized spacial score (nSPS) is 11.8. The van der Waals surface area contributed by atoms with Crippen molar-refractivity contribution in [3.63, 3.8) is 0 Å². The minimum absolute atomic E-state index is 0.631. The second kappa shape index (κ2) is 29.3. The summed E-state index contributed by atoms with van der Waals surface area (Å²) in [5.74, 6) is 2.62. The number of nitrogens with zero attached hydrogens (tertiary/aromatic N) is 9. The molecule has 588 valence electrons. The van der Waals surface area contributed by atoms with Crippen molar-refractivity contribution in [2.24, 2.45) is 0 Å². The van der Waals surface area contributed by atoms with Gasteiger partial charge in [0.2, 0.25) is 0 Å². The van der Waals surface area contributed by atoms with Crippen molar-refractivity contribution in [1.82, 2.24) is 43.2 Å². The maximum absolute atomic E-state index is 6.21. The fourth-order valence-electron chi connectivity index (χ4n) is 19.2. The molecule has 0 aliphatic carbocycles. The molecule has 18 aromatic carbocycles. The first-order chi connectivity index (χ1) is 62.5. The molecular formula is C115H71N9O2. The highest BCUT2D eigenvalue weighted by Crippen LogP contribution is 2.46. The van der Waals surface area contributed by atoms with E-state index < -0.39 is 0 Å². The van der Waals surface area contributed by atoms with Crippen molar-refractivity contribution < 1.29 is 8.83 Å². The van der Waals surface area contributed by atoms with Crippen LogP contribution in [0.2, 0.25) is 0 Å². The van der Waals surface area contributed by atoms with Crippen LogP contribution in [0.5, 0.6) is 0 Å².